The van der Waals surface area contributed by atoms with Gasteiger partial charge in [0.1, 0.15) is 17.3 Å². The first-order chi connectivity index (χ1) is 13.4. The summed E-state index contributed by atoms with van der Waals surface area (Å²) in [5.74, 6) is 0.166. The number of carbonyl (C=O) groups excluding carboxylic acids is 1. The van der Waals surface area contributed by atoms with Crippen molar-refractivity contribution in [2.24, 2.45) is 0 Å². The second kappa shape index (κ2) is 8.54. The van der Waals surface area contributed by atoms with Crippen molar-refractivity contribution in [1.82, 2.24) is 9.78 Å². The van der Waals surface area contributed by atoms with Crippen LogP contribution in [0.15, 0.2) is 48.5 Å². The third-order valence-corrected chi connectivity index (χ3v) is 4.54. The molecule has 3 rings (SSSR count). The molecule has 2 aromatic carbocycles. The van der Waals surface area contributed by atoms with E-state index in [9.17, 15) is 9.18 Å². The van der Waals surface area contributed by atoms with Crippen molar-refractivity contribution in [3.63, 3.8) is 0 Å². The van der Waals surface area contributed by atoms with E-state index in [-0.39, 0.29) is 10.9 Å². The number of benzene rings is 2. The summed E-state index contributed by atoms with van der Waals surface area (Å²) in [7, 11) is 1.61. The number of halogens is 2. The van der Waals surface area contributed by atoms with Crippen LogP contribution in [0, 0.1) is 5.82 Å². The van der Waals surface area contributed by atoms with Crippen LogP contribution in [-0.2, 0) is 11.3 Å². The molecule has 1 aromatic heterocycles. The summed E-state index contributed by atoms with van der Waals surface area (Å²) in [5.41, 5.74) is 2.38. The molecule has 0 aliphatic heterocycles. The Morgan fingerprint density at radius 3 is 2.57 bits per heavy atom. The minimum Gasteiger partial charge on any atom is -0.497 e. The van der Waals surface area contributed by atoms with Crippen LogP contribution < -0.4 is 4.74 Å². The van der Waals surface area contributed by atoms with Gasteiger partial charge in [-0.15, -0.1) is 0 Å². The molecule has 0 radical (unpaired) electrons. The molecule has 0 aliphatic carbocycles. The molecule has 28 heavy (non-hydrogen) atoms. The number of ether oxygens (including phenoxy) is 2. The molecule has 0 fully saturated rings. The Morgan fingerprint density at radius 1 is 1.21 bits per heavy atom. The average molecular weight is 403 g/mol. The number of hydrogen-bond acceptors (Lipinski definition) is 4. The van der Waals surface area contributed by atoms with Crippen LogP contribution in [0.2, 0.25) is 5.15 Å². The molecule has 5 nitrogen and oxygen atoms in total. The SMILES string of the molecule is COc1ccc(CO[C@H](C)c2cc(F)ccc2-n2nc(Cl)cc2C(C)=O)cc1. The normalized spacial score (nSPS) is 12.0. The molecule has 0 bridgehead atoms. The monoisotopic (exact) mass is 402 g/mol. The summed E-state index contributed by atoms with van der Waals surface area (Å²) in [6.45, 7) is 3.58. The molecule has 146 valence electrons. The molecule has 0 aliphatic rings. The minimum absolute atomic E-state index is 0.187. The van der Waals surface area contributed by atoms with Gasteiger partial charge in [0.25, 0.3) is 0 Å². The van der Waals surface area contributed by atoms with E-state index >= 15 is 0 Å². The molecule has 0 amide bonds. The van der Waals surface area contributed by atoms with E-state index in [0.717, 1.165) is 11.3 Å². The van der Waals surface area contributed by atoms with Gasteiger partial charge in [-0.3, -0.25) is 4.79 Å². The van der Waals surface area contributed by atoms with Crippen molar-refractivity contribution in [3.05, 3.63) is 76.3 Å². The van der Waals surface area contributed by atoms with Gasteiger partial charge in [-0.05, 0) is 42.8 Å². The molecule has 0 unspecified atom stereocenters. The third-order valence-electron chi connectivity index (χ3n) is 4.36. The van der Waals surface area contributed by atoms with Gasteiger partial charge < -0.3 is 9.47 Å². The predicted octanol–water partition coefficient (Wildman–Crippen LogP) is 5.15. The molecule has 0 spiro atoms. The van der Waals surface area contributed by atoms with Gasteiger partial charge in [0, 0.05) is 18.6 Å². The maximum absolute atomic E-state index is 13.9. The summed E-state index contributed by atoms with van der Waals surface area (Å²) in [5, 5.41) is 4.37. The Bertz CT molecular complexity index is 986. The minimum atomic E-state index is -0.449. The first kappa shape index (κ1) is 20.0. The molecule has 0 N–H and O–H groups in total. The largest absolute Gasteiger partial charge is 0.497 e. The fourth-order valence-corrected chi connectivity index (χ4v) is 3.04. The Labute approximate surface area is 167 Å². The van der Waals surface area contributed by atoms with Crippen LogP contribution in [0.1, 0.15) is 41.6 Å². The zero-order valence-corrected chi connectivity index (χ0v) is 16.5. The number of carbonyl (C=O) groups is 1. The standard InChI is InChI=1S/C21H20ClFN2O3/c1-13(26)20-11-21(22)24-25(20)19-9-6-16(23)10-18(19)14(2)28-12-15-4-7-17(27-3)8-5-15/h4-11,14H,12H2,1-3H3/t14-/m1/s1. The highest BCUT2D eigenvalue weighted by atomic mass is 35.5. The van der Waals surface area contributed by atoms with E-state index in [1.165, 1.54) is 29.8 Å². The van der Waals surface area contributed by atoms with Gasteiger partial charge in [-0.1, -0.05) is 23.7 Å². The highest BCUT2D eigenvalue weighted by Gasteiger charge is 2.19. The van der Waals surface area contributed by atoms with Crippen molar-refractivity contribution >= 4 is 17.4 Å². The van der Waals surface area contributed by atoms with Crippen molar-refractivity contribution in [3.8, 4) is 11.4 Å². The van der Waals surface area contributed by atoms with Crippen LogP contribution in [0.5, 0.6) is 5.75 Å². The Hall–Kier alpha value is -2.70. The molecule has 7 heteroatoms. The van der Waals surface area contributed by atoms with Gasteiger partial charge in [0.05, 0.1) is 25.5 Å². The van der Waals surface area contributed by atoms with E-state index in [1.54, 1.807) is 13.2 Å². The average Bonchev–Trinajstić information content (AvgIpc) is 3.08. The maximum atomic E-state index is 13.9. The van der Waals surface area contributed by atoms with Crippen molar-refractivity contribution in [1.29, 1.82) is 0 Å². The lowest BCUT2D eigenvalue weighted by atomic mass is 10.1. The lowest BCUT2D eigenvalue weighted by molar-refractivity contribution is 0.0522. The van der Waals surface area contributed by atoms with Gasteiger partial charge in [-0.2, -0.15) is 5.10 Å². The zero-order chi connectivity index (χ0) is 20.3. The van der Waals surface area contributed by atoms with Gasteiger partial charge >= 0.3 is 0 Å². The number of methoxy groups -OCH3 is 1. The molecule has 0 saturated carbocycles. The zero-order valence-electron chi connectivity index (χ0n) is 15.8. The van der Waals surface area contributed by atoms with Crippen LogP contribution in [-0.4, -0.2) is 22.7 Å². The second-order valence-corrected chi connectivity index (χ2v) is 6.71. The molecular formula is C21H20ClFN2O3. The Balaban J connectivity index is 1.88. The topological polar surface area (TPSA) is 53.4 Å². The summed E-state index contributed by atoms with van der Waals surface area (Å²) >= 11 is 5.99. The van der Waals surface area contributed by atoms with Gasteiger partial charge in [0.2, 0.25) is 0 Å². The number of Topliss-reactive ketones (excluding diaryl/α,β-unsaturated/α-hetero) is 1. The lowest BCUT2D eigenvalue weighted by Crippen LogP contribution is -2.11. The summed E-state index contributed by atoms with van der Waals surface area (Å²) in [6, 6.07) is 13.2. The fourth-order valence-electron chi connectivity index (χ4n) is 2.86. The smallest absolute Gasteiger partial charge is 0.178 e. The highest BCUT2D eigenvalue weighted by Crippen LogP contribution is 2.28. The van der Waals surface area contributed by atoms with Crippen molar-refractivity contribution < 1.29 is 18.7 Å². The molecule has 3 aromatic rings. The van der Waals surface area contributed by atoms with Gasteiger partial charge in [-0.25, -0.2) is 9.07 Å². The van der Waals surface area contributed by atoms with Crippen LogP contribution >= 0.6 is 11.6 Å². The third kappa shape index (κ3) is 4.40. The highest BCUT2D eigenvalue weighted by molar-refractivity contribution is 6.29. The molecule has 1 atom stereocenters. The number of aromatic nitrogens is 2. The van der Waals surface area contributed by atoms with Crippen LogP contribution in [0.4, 0.5) is 4.39 Å². The van der Waals surface area contributed by atoms with Crippen molar-refractivity contribution in [2.45, 2.75) is 26.6 Å². The van der Waals surface area contributed by atoms with Crippen LogP contribution in [0.25, 0.3) is 5.69 Å². The van der Waals surface area contributed by atoms with E-state index in [0.29, 0.717) is 23.6 Å². The lowest BCUT2D eigenvalue weighted by Gasteiger charge is -2.18. The molecule has 1 heterocycles. The summed E-state index contributed by atoms with van der Waals surface area (Å²) in [4.78, 5) is 11.9. The van der Waals surface area contributed by atoms with Crippen molar-refractivity contribution in [2.75, 3.05) is 7.11 Å². The quantitative estimate of drug-likeness (QED) is 0.512. The number of nitrogens with zero attached hydrogens (tertiary/aromatic N) is 2. The summed E-state index contributed by atoms with van der Waals surface area (Å²) < 4.78 is 26.5. The van der Waals surface area contributed by atoms with Gasteiger partial charge in [0.15, 0.2) is 10.9 Å². The van der Waals surface area contributed by atoms with Crippen LogP contribution in [0.3, 0.4) is 0 Å². The van der Waals surface area contributed by atoms with E-state index in [1.807, 2.05) is 31.2 Å². The molecular weight excluding hydrogens is 383 g/mol. The predicted molar refractivity (Wildman–Crippen MR) is 105 cm³/mol. The maximum Gasteiger partial charge on any atom is 0.178 e. The fraction of sp³-hybridized carbons (Fsp3) is 0.238. The number of hydrogen-bond donors (Lipinski definition) is 0. The Morgan fingerprint density at radius 2 is 1.93 bits per heavy atom. The first-order valence-corrected chi connectivity index (χ1v) is 9.07. The second-order valence-electron chi connectivity index (χ2n) is 6.32. The first-order valence-electron chi connectivity index (χ1n) is 8.70. The number of ketones is 1. The number of rotatable bonds is 7. The van der Waals surface area contributed by atoms with E-state index < -0.39 is 11.9 Å². The van der Waals surface area contributed by atoms with E-state index in [2.05, 4.69) is 5.10 Å². The Kier molecular flexibility index (Phi) is 6.11. The molecule has 0 saturated heterocycles. The van der Waals surface area contributed by atoms with E-state index in [4.69, 9.17) is 21.1 Å². The summed E-state index contributed by atoms with van der Waals surface area (Å²) in [6.07, 6.45) is -0.449.